The fraction of sp³-hybridized carbons (Fsp3) is 0.208. The van der Waals surface area contributed by atoms with Crippen molar-refractivity contribution in [3.63, 3.8) is 0 Å². The molecule has 0 aromatic heterocycles. The van der Waals surface area contributed by atoms with Crippen LogP contribution >= 0.6 is 0 Å². The second-order valence-corrected chi connectivity index (χ2v) is 7.18. The maximum atomic E-state index is 12.3. The fourth-order valence-electron chi connectivity index (χ4n) is 4.03. The summed E-state index contributed by atoms with van der Waals surface area (Å²) in [5.41, 5.74) is 5.64. The van der Waals surface area contributed by atoms with Crippen LogP contribution in [-0.2, 0) is 4.79 Å². The smallest absolute Gasteiger partial charge is 0.224 e. The topological polar surface area (TPSA) is 32.3 Å². The zero-order valence-electron chi connectivity index (χ0n) is 15.7. The van der Waals surface area contributed by atoms with E-state index < -0.39 is 0 Å². The Morgan fingerprint density at radius 3 is 2.26 bits per heavy atom. The Labute approximate surface area is 160 Å². The summed E-state index contributed by atoms with van der Waals surface area (Å²) < 4.78 is 0. The third-order valence-electron chi connectivity index (χ3n) is 5.24. The molecular weight excluding hydrogens is 332 g/mol. The lowest BCUT2D eigenvalue weighted by Gasteiger charge is -2.39. The molecule has 0 radical (unpaired) electrons. The number of hydrogen-bond acceptors (Lipinski definition) is 2. The second-order valence-electron chi connectivity index (χ2n) is 7.18. The molecule has 0 saturated heterocycles. The molecule has 4 rings (SSSR count). The number of amides is 1. The number of benzene rings is 3. The Kier molecular flexibility index (Phi) is 4.68. The lowest BCUT2D eigenvalue weighted by Crippen LogP contribution is -2.43. The maximum absolute atomic E-state index is 12.3. The van der Waals surface area contributed by atoms with Crippen molar-refractivity contribution in [3.8, 4) is 11.1 Å². The van der Waals surface area contributed by atoms with Gasteiger partial charge in [0.05, 0.1) is 6.04 Å². The molecule has 0 unspecified atom stereocenters. The Hall–Kier alpha value is -3.07. The van der Waals surface area contributed by atoms with Crippen LogP contribution < -0.4 is 10.2 Å². The predicted molar refractivity (Wildman–Crippen MR) is 112 cm³/mol. The molecule has 1 N–H and O–H groups in total. The van der Waals surface area contributed by atoms with Gasteiger partial charge in [0.2, 0.25) is 5.91 Å². The van der Waals surface area contributed by atoms with Crippen LogP contribution in [0.15, 0.2) is 78.9 Å². The van der Waals surface area contributed by atoms with Gasteiger partial charge in [0.25, 0.3) is 0 Å². The molecule has 0 aliphatic carbocycles. The number of anilines is 2. The van der Waals surface area contributed by atoms with Crippen LogP contribution in [0.1, 0.15) is 31.9 Å². The molecule has 0 bridgehead atoms. The Morgan fingerprint density at radius 1 is 0.926 bits per heavy atom. The van der Waals surface area contributed by atoms with Crippen molar-refractivity contribution in [2.75, 3.05) is 10.2 Å². The number of fused-ring (bicyclic) bond motifs is 1. The molecule has 136 valence electrons. The Balaban J connectivity index is 1.79. The molecule has 1 amide bonds. The first-order valence-electron chi connectivity index (χ1n) is 9.44. The first kappa shape index (κ1) is 17.3. The standard InChI is InChI=1S/C24H24N2O/c1-17-15-23(25-21-11-7-4-8-12-21)22-16-20(19-9-5-3-6-10-19)13-14-24(22)26(17)18(2)27/h3-14,16-17,23,25H,15H2,1-2H3/t17-,23+/m0/s1. The molecule has 3 heteroatoms. The molecule has 27 heavy (non-hydrogen) atoms. The van der Waals surface area contributed by atoms with Gasteiger partial charge in [-0.15, -0.1) is 0 Å². The highest BCUT2D eigenvalue weighted by Gasteiger charge is 2.32. The summed E-state index contributed by atoms with van der Waals surface area (Å²) in [6.07, 6.45) is 0.875. The van der Waals surface area contributed by atoms with Gasteiger partial charge in [-0.2, -0.15) is 0 Å². The monoisotopic (exact) mass is 356 g/mol. The zero-order chi connectivity index (χ0) is 18.8. The van der Waals surface area contributed by atoms with E-state index in [4.69, 9.17) is 0 Å². The molecule has 0 saturated carbocycles. The summed E-state index contributed by atoms with van der Waals surface area (Å²) in [5, 5.41) is 3.67. The van der Waals surface area contributed by atoms with Gasteiger partial charge < -0.3 is 10.2 Å². The summed E-state index contributed by atoms with van der Waals surface area (Å²) in [4.78, 5) is 14.2. The summed E-state index contributed by atoms with van der Waals surface area (Å²) in [6, 6.07) is 27.4. The van der Waals surface area contributed by atoms with Crippen molar-refractivity contribution in [1.82, 2.24) is 0 Å². The second kappa shape index (κ2) is 7.28. The number of nitrogens with one attached hydrogen (secondary N) is 1. The summed E-state index contributed by atoms with van der Waals surface area (Å²) in [6.45, 7) is 3.77. The average Bonchev–Trinajstić information content (AvgIpc) is 2.69. The number of nitrogens with zero attached hydrogens (tertiary/aromatic N) is 1. The predicted octanol–water partition coefficient (Wildman–Crippen LogP) is 5.65. The van der Waals surface area contributed by atoms with Crippen molar-refractivity contribution in [2.45, 2.75) is 32.4 Å². The van der Waals surface area contributed by atoms with Crippen molar-refractivity contribution >= 4 is 17.3 Å². The molecule has 3 aromatic carbocycles. The lowest BCUT2D eigenvalue weighted by molar-refractivity contribution is -0.117. The van der Waals surface area contributed by atoms with Gasteiger partial charge in [0.1, 0.15) is 0 Å². The molecule has 1 aliphatic heterocycles. The lowest BCUT2D eigenvalue weighted by atomic mass is 9.89. The van der Waals surface area contributed by atoms with Gasteiger partial charge in [-0.25, -0.2) is 0 Å². The maximum Gasteiger partial charge on any atom is 0.224 e. The highest BCUT2D eigenvalue weighted by Crippen LogP contribution is 2.41. The fourth-order valence-corrected chi connectivity index (χ4v) is 4.03. The van der Waals surface area contributed by atoms with Gasteiger partial charge in [-0.3, -0.25) is 4.79 Å². The third kappa shape index (κ3) is 3.45. The van der Waals surface area contributed by atoms with E-state index in [1.807, 2.05) is 29.2 Å². The minimum atomic E-state index is 0.0920. The van der Waals surface area contributed by atoms with Gasteiger partial charge >= 0.3 is 0 Å². The number of carbonyl (C=O) groups is 1. The van der Waals surface area contributed by atoms with Gasteiger partial charge in [0, 0.05) is 24.3 Å². The molecule has 3 nitrogen and oxygen atoms in total. The molecule has 3 aromatic rings. The molecule has 1 aliphatic rings. The van der Waals surface area contributed by atoms with E-state index >= 15 is 0 Å². The van der Waals surface area contributed by atoms with Crippen molar-refractivity contribution in [2.24, 2.45) is 0 Å². The SMILES string of the molecule is CC(=O)N1c2ccc(-c3ccccc3)cc2[C@H](Nc2ccccc2)C[C@@H]1C. The highest BCUT2D eigenvalue weighted by molar-refractivity contribution is 5.94. The largest absolute Gasteiger partial charge is 0.378 e. The van der Waals surface area contributed by atoms with E-state index in [0.717, 1.165) is 17.8 Å². The van der Waals surface area contributed by atoms with Crippen molar-refractivity contribution in [1.29, 1.82) is 0 Å². The first-order valence-corrected chi connectivity index (χ1v) is 9.44. The normalized spacial score (nSPS) is 18.7. The number of para-hydroxylation sites is 1. The number of hydrogen-bond donors (Lipinski definition) is 1. The van der Waals surface area contributed by atoms with Crippen LogP contribution in [0, 0.1) is 0 Å². The molecule has 0 fully saturated rings. The van der Waals surface area contributed by atoms with Gasteiger partial charge in [-0.1, -0.05) is 54.6 Å². The van der Waals surface area contributed by atoms with Crippen LogP contribution in [0.4, 0.5) is 11.4 Å². The average molecular weight is 356 g/mol. The van der Waals surface area contributed by atoms with Gasteiger partial charge in [-0.05, 0) is 54.3 Å². The Morgan fingerprint density at radius 2 is 1.59 bits per heavy atom. The molecule has 1 heterocycles. The summed E-state index contributed by atoms with van der Waals surface area (Å²) in [5.74, 6) is 0.0920. The molecule has 2 atom stereocenters. The van der Waals surface area contributed by atoms with Crippen LogP contribution in [-0.4, -0.2) is 11.9 Å². The van der Waals surface area contributed by atoms with E-state index in [1.54, 1.807) is 6.92 Å². The van der Waals surface area contributed by atoms with Crippen LogP contribution in [0.3, 0.4) is 0 Å². The molecule has 0 spiro atoms. The summed E-state index contributed by atoms with van der Waals surface area (Å²) in [7, 11) is 0. The quantitative estimate of drug-likeness (QED) is 0.657. The molecular formula is C24H24N2O. The van der Waals surface area contributed by atoms with Crippen LogP contribution in [0.5, 0.6) is 0 Å². The minimum absolute atomic E-state index is 0.0920. The van der Waals surface area contributed by atoms with Gasteiger partial charge in [0.15, 0.2) is 0 Å². The zero-order valence-corrected chi connectivity index (χ0v) is 15.7. The Bertz CT molecular complexity index is 937. The highest BCUT2D eigenvalue weighted by atomic mass is 16.2. The van der Waals surface area contributed by atoms with Crippen molar-refractivity contribution < 1.29 is 4.79 Å². The van der Waals surface area contributed by atoms with Crippen molar-refractivity contribution in [3.05, 3.63) is 84.4 Å². The van der Waals surface area contributed by atoms with E-state index in [0.29, 0.717) is 0 Å². The summed E-state index contributed by atoms with van der Waals surface area (Å²) >= 11 is 0. The van der Waals surface area contributed by atoms with E-state index in [2.05, 4.69) is 66.8 Å². The third-order valence-corrected chi connectivity index (χ3v) is 5.24. The van der Waals surface area contributed by atoms with E-state index in [-0.39, 0.29) is 18.0 Å². The first-order chi connectivity index (χ1) is 13.1. The number of rotatable bonds is 3. The number of carbonyl (C=O) groups excluding carboxylic acids is 1. The van der Waals surface area contributed by atoms with E-state index in [1.165, 1.54) is 16.7 Å². The van der Waals surface area contributed by atoms with Crippen LogP contribution in [0.2, 0.25) is 0 Å². The van der Waals surface area contributed by atoms with Crippen LogP contribution in [0.25, 0.3) is 11.1 Å². The minimum Gasteiger partial charge on any atom is -0.378 e. The van der Waals surface area contributed by atoms with E-state index in [9.17, 15) is 4.79 Å².